The third kappa shape index (κ3) is 6.39. The van der Waals surface area contributed by atoms with Crippen molar-refractivity contribution >= 4 is 18.3 Å². The molecule has 0 unspecified atom stereocenters. The molecule has 13 heavy (non-hydrogen) atoms. The lowest BCUT2D eigenvalue weighted by Crippen LogP contribution is -2.00. The molecule has 0 aliphatic rings. The summed E-state index contributed by atoms with van der Waals surface area (Å²) in [6, 6.07) is 0. The molecule has 0 saturated heterocycles. The Labute approximate surface area is 86.5 Å². The Morgan fingerprint density at radius 3 is 2.00 bits per heavy atom. The van der Waals surface area contributed by atoms with E-state index in [-0.39, 0.29) is 0 Å². The lowest BCUT2D eigenvalue weighted by Gasteiger charge is -2.20. The number of rotatable bonds is 8. The fourth-order valence-corrected chi connectivity index (χ4v) is 3.05. The fourth-order valence-electron chi connectivity index (χ4n) is 0.762. The zero-order chi connectivity index (χ0) is 10.2. The molecule has 0 bridgehead atoms. The highest BCUT2D eigenvalue weighted by Gasteiger charge is 2.15. The van der Waals surface area contributed by atoms with Crippen LogP contribution in [0.15, 0.2) is 12.7 Å². The summed E-state index contributed by atoms with van der Waals surface area (Å²) in [6.45, 7) is 7.13. The Morgan fingerprint density at radius 1 is 1.23 bits per heavy atom. The zero-order valence-corrected chi connectivity index (χ0v) is 10.2. The first-order valence-corrected chi connectivity index (χ1v) is 7.50. The lowest BCUT2D eigenvalue weighted by atomic mass is 10.5. The lowest BCUT2D eigenvalue weighted by molar-refractivity contribution is 0.249. The first kappa shape index (κ1) is 13.3. The largest absolute Gasteiger partial charge is 0.329 e. The predicted octanol–water partition coefficient (Wildman–Crippen LogP) is 3.34. The smallest absolute Gasteiger partial charge is 0.192 e. The average molecular weight is 222 g/mol. The Balaban J connectivity index is 3.99. The van der Waals surface area contributed by atoms with Crippen molar-refractivity contribution in [1.29, 1.82) is 0 Å². The summed E-state index contributed by atoms with van der Waals surface area (Å²) in [5.41, 5.74) is 0. The molecular weight excluding hydrogens is 203 g/mol. The van der Waals surface area contributed by atoms with Gasteiger partial charge in [-0.25, -0.2) is 0 Å². The number of hydrogen-bond donors (Lipinski definition) is 0. The van der Waals surface area contributed by atoms with Gasteiger partial charge in [0.1, 0.15) is 0 Å². The van der Waals surface area contributed by atoms with Crippen LogP contribution in [-0.2, 0) is 20.9 Å². The van der Waals surface area contributed by atoms with Crippen molar-refractivity contribution in [3.63, 3.8) is 0 Å². The third-order valence-electron chi connectivity index (χ3n) is 1.34. The van der Waals surface area contributed by atoms with E-state index in [0.717, 1.165) is 12.8 Å². The van der Waals surface area contributed by atoms with Crippen molar-refractivity contribution in [3.8, 4) is 0 Å². The normalized spacial score (nSPS) is 11.5. The van der Waals surface area contributed by atoms with Gasteiger partial charge in [-0.2, -0.15) is 0 Å². The van der Waals surface area contributed by atoms with Gasteiger partial charge in [0.15, 0.2) is 6.49 Å². The molecule has 0 radical (unpaired) electrons. The van der Waals surface area contributed by atoms with Crippen LogP contribution in [0.1, 0.15) is 26.7 Å². The van der Waals surface area contributed by atoms with E-state index in [1.165, 1.54) is 0 Å². The Kier molecular flexibility index (Phi) is 7.87. The maximum atomic E-state index is 5.55. The average Bonchev–Trinajstić information content (AvgIpc) is 2.12. The van der Waals surface area contributed by atoms with Crippen LogP contribution in [0.25, 0.3) is 0 Å². The van der Waals surface area contributed by atoms with E-state index in [1.54, 1.807) is 6.08 Å². The molecule has 0 aromatic heterocycles. The van der Waals surface area contributed by atoms with Crippen molar-refractivity contribution in [2.75, 3.05) is 19.4 Å². The van der Waals surface area contributed by atoms with E-state index >= 15 is 0 Å². The first-order chi connectivity index (χ1) is 6.18. The predicted molar refractivity (Wildman–Crippen MR) is 61.8 cm³/mol. The van der Waals surface area contributed by atoms with Crippen molar-refractivity contribution < 1.29 is 9.05 Å². The minimum Gasteiger partial charge on any atom is -0.329 e. The fraction of sp³-hybridized carbons (Fsp3) is 0.778. The van der Waals surface area contributed by atoms with Crippen LogP contribution in [0.3, 0.4) is 0 Å². The molecule has 0 amide bonds. The molecule has 0 heterocycles. The highest BCUT2D eigenvalue weighted by atomic mass is 32.5. The molecule has 0 rings (SSSR count). The maximum Gasteiger partial charge on any atom is 0.192 e. The molecule has 0 saturated carbocycles. The first-order valence-electron chi connectivity index (χ1n) is 4.67. The van der Waals surface area contributed by atoms with Gasteiger partial charge < -0.3 is 9.05 Å². The topological polar surface area (TPSA) is 18.5 Å². The summed E-state index contributed by atoms with van der Waals surface area (Å²) in [7, 11) is 0. The van der Waals surface area contributed by atoms with E-state index in [0.29, 0.717) is 19.4 Å². The molecule has 0 spiro atoms. The van der Waals surface area contributed by atoms with Gasteiger partial charge in [0.25, 0.3) is 0 Å². The number of allylic oxidation sites excluding steroid dienone is 1. The van der Waals surface area contributed by atoms with Gasteiger partial charge in [0.2, 0.25) is 0 Å². The Hall–Kier alpha value is 0.310. The van der Waals surface area contributed by atoms with Gasteiger partial charge in [-0.05, 0) is 24.6 Å². The van der Waals surface area contributed by atoms with Crippen molar-refractivity contribution in [2.24, 2.45) is 0 Å². The van der Waals surface area contributed by atoms with Crippen molar-refractivity contribution in [2.45, 2.75) is 26.7 Å². The van der Waals surface area contributed by atoms with Gasteiger partial charge >= 0.3 is 0 Å². The monoisotopic (exact) mass is 222 g/mol. The van der Waals surface area contributed by atoms with Crippen molar-refractivity contribution in [1.82, 2.24) is 0 Å². The van der Waals surface area contributed by atoms with Crippen LogP contribution in [0.5, 0.6) is 0 Å². The molecule has 0 fully saturated rings. The van der Waals surface area contributed by atoms with Crippen LogP contribution in [-0.4, -0.2) is 19.4 Å². The summed E-state index contributed by atoms with van der Waals surface area (Å²) >= 11 is 5.33. The molecule has 78 valence electrons. The van der Waals surface area contributed by atoms with Gasteiger partial charge in [-0.1, -0.05) is 19.9 Å². The molecule has 0 N–H and O–H groups in total. The summed E-state index contributed by atoms with van der Waals surface area (Å²) in [5.74, 6) is 0. The van der Waals surface area contributed by atoms with Crippen LogP contribution < -0.4 is 0 Å². The Bertz CT molecular complexity index is 170. The van der Waals surface area contributed by atoms with Gasteiger partial charge in [-0.15, -0.1) is 6.58 Å². The minimum absolute atomic E-state index is 0.669. The Morgan fingerprint density at radius 2 is 1.69 bits per heavy atom. The SMILES string of the molecule is C=CCP(=S)(OCCC)OCCC. The molecule has 0 aliphatic heterocycles. The molecule has 2 nitrogen and oxygen atoms in total. The second-order valence-electron chi connectivity index (χ2n) is 2.75. The quantitative estimate of drug-likeness (QED) is 0.463. The second-order valence-corrected chi connectivity index (χ2v) is 6.52. The van der Waals surface area contributed by atoms with E-state index < -0.39 is 6.49 Å². The summed E-state index contributed by atoms with van der Waals surface area (Å²) in [6.07, 6.45) is 4.41. The van der Waals surface area contributed by atoms with E-state index in [4.69, 9.17) is 20.9 Å². The van der Waals surface area contributed by atoms with E-state index in [9.17, 15) is 0 Å². The standard InChI is InChI=1S/C9H19O2PS/c1-4-7-10-12(13,9-6-3)11-8-5-2/h6H,3-5,7-9H2,1-2H3. The number of hydrogen-bond acceptors (Lipinski definition) is 3. The summed E-state index contributed by atoms with van der Waals surface area (Å²) in [5, 5.41) is 0. The maximum absolute atomic E-state index is 5.55. The van der Waals surface area contributed by atoms with Gasteiger partial charge in [0.05, 0.1) is 13.2 Å². The highest BCUT2D eigenvalue weighted by molar-refractivity contribution is 8.10. The zero-order valence-electron chi connectivity index (χ0n) is 8.49. The molecule has 0 aromatic carbocycles. The van der Waals surface area contributed by atoms with E-state index in [1.807, 2.05) is 0 Å². The molecule has 0 atom stereocenters. The minimum atomic E-state index is -2.04. The van der Waals surface area contributed by atoms with E-state index in [2.05, 4.69) is 20.4 Å². The second kappa shape index (κ2) is 7.69. The van der Waals surface area contributed by atoms with Crippen LogP contribution in [0, 0.1) is 0 Å². The van der Waals surface area contributed by atoms with Crippen LogP contribution in [0.4, 0.5) is 0 Å². The summed E-state index contributed by atoms with van der Waals surface area (Å²) < 4.78 is 11.1. The molecule has 0 aromatic rings. The highest BCUT2D eigenvalue weighted by Crippen LogP contribution is 2.48. The third-order valence-corrected chi connectivity index (χ3v) is 4.27. The van der Waals surface area contributed by atoms with Crippen molar-refractivity contribution in [3.05, 3.63) is 12.7 Å². The molecule has 0 aliphatic carbocycles. The molecule has 4 heteroatoms. The summed E-state index contributed by atoms with van der Waals surface area (Å²) in [4.78, 5) is 0. The molecular formula is C9H19O2PS. The van der Waals surface area contributed by atoms with Crippen LogP contribution in [0.2, 0.25) is 0 Å². The van der Waals surface area contributed by atoms with Crippen LogP contribution >= 0.6 is 6.49 Å². The van der Waals surface area contributed by atoms with Gasteiger partial charge in [0, 0.05) is 6.16 Å². The van der Waals surface area contributed by atoms with Gasteiger partial charge in [-0.3, -0.25) is 0 Å².